The van der Waals surface area contributed by atoms with E-state index in [4.69, 9.17) is 4.74 Å². The van der Waals surface area contributed by atoms with Gasteiger partial charge in [0, 0.05) is 11.0 Å². The molecule has 8 heteroatoms. The van der Waals surface area contributed by atoms with E-state index in [2.05, 4.69) is 15.9 Å². The van der Waals surface area contributed by atoms with Gasteiger partial charge in [0.1, 0.15) is 16.7 Å². The number of sulfonamides is 1. The Morgan fingerprint density at radius 2 is 2.14 bits per heavy atom. The molecule has 21 heavy (non-hydrogen) atoms. The Balaban J connectivity index is 2.50. The molecule has 1 aliphatic rings. The fraction of sp³-hybridized carbons (Fsp3) is 0.462. The molecule has 1 heterocycles. The molecule has 0 amide bonds. The van der Waals surface area contributed by atoms with E-state index in [1.165, 1.54) is 19.2 Å². The predicted octanol–water partition coefficient (Wildman–Crippen LogP) is 2.09. The van der Waals surface area contributed by atoms with Crippen molar-refractivity contribution in [3.8, 4) is 5.75 Å². The van der Waals surface area contributed by atoms with Crippen LogP contribution in [0.15, 0.2) is 27.6 Å². The molecule has 1 aromatic carbocycles. The molecule has 0 aromatic heterocycles. The minimum absolute atomic E-state index is 0.0208. The van der Waals surface area contributed by atoms with Crippen molar-refractivity contribution in [2.75, 3.05) is 13.7 Å². The van der Waals surface area contributed by atoms with Crippen molar-refractivity contribution < 1.29 is 23.1 Å². The van der Waals surface area contributed by atoms with Crippen LogP contribution in [0.2, 0.25) is 0 Å². The number of carboxylic acids is 1. The highest BCUT2D eigenvalue weighted by atomic mass is 79.9. The predicted molar refractivity (Wildman–Crippen MR) is 79.9 cm³/mol. The Morgan fingerprint density at radius 1 is 1.43 bits per heavy atom. The highest BCUT2D eigenvalue weighted by molar-refractivity contribution is 9.10. The standard InChI is InChI=1S/C13H16BrNO5S/c1-20-11-6-5-9(14)8-12(11)21(18,19)15-7-3-2-4-10(15)13(16)17/h5-6,8,10H,2-4,7H2,1H3,(H,16,17). The van der Waals surface area contributed by atoms with Crippen LogP contribution in [0, 0.1) is 0 Å². The summed E-state index contributed by atoms with van der Waals surface area (Å²) in [5.41, 5.74) is 0. The Kier molecular flexibility index (Phi) is 4.90. The first kappa shape index (κ1) is 16.3. The lowest BCUT2D eigenvalue weighted by molar-refractivity contribution is -0.142. The van der Waals surface area contributed by atoms with E-state index in [1.807, 2.05) is 0 Å². The van der Waals surface area contributed by atoms with Gasteiger partial charge in [-0.15, -0.1) is 0 Å². The maximum absolute atomic E-state index is 12.8. The molecular formula is C13H16BrNO5S. The van der Waals surface area contributed by atoms with Gasteiger partial charge in [-0.25, -0.2) is 8.42 Å². The average Bonchev–Trinajstić information content (AvgIpc) is 2.47. The Hall–Kier alpha value is -1.12. The highest BCUT2D eigenvalue weighted by Gasteiger charge is 2.38. The van der Waals surface area contributed by atoms with E-state index < -0.39 is 22.0 Å². The fourth-order valence-corrected chi connectivity index (χ4v) is 4.76. The van der Waals surface area contributed by atoms with Gasteiger partial charge in [0.2, 0.25) is 10.0 Å². The second-order valence-electron chi connectivity index (χ2n) is 4.76. The molecular weight excluding hydrogens is 362 g/mol. The molecule has 1 aromatic rings. The van der Waals surface area contributed by atoms with Crippen LogP contribution >= 0.6 is 15.9 Å². The van der Waals surface area contributed by atoms with E-state index in [0.29, 0.717) is 23.7 Å². The zero-order valence-electron chi connectivity index (χ0n) is 11.5. The van der Waals surface area contributed by atoms with Gasteiger partial charge in [0.25, 0.3) is 0 Å². The molecule has 1 unspecified atom stereocenters. The zero-order chi connectivity index (χ0) is 15.6. The molecule has 0 spiro atoms. The molecule has 0 radical (unpaired) electrons. The molecule has 116 valence electrons. The van der Waals surface area contributed by atoms with Crippen LogP contribution in [0.4, 0.5) is 0 Å². The monoisotopic (exact) mass is 377 g/mol. The number of carbonyl (C=O) groups is 1. The molecule has 1 aliphatic heterocycles. The zero-order valence-corrected chi connectivity index (χ0v) is 13.9. The Labute approximate surface area is 131 Å². The number of halogens is 1. The number of aliphatic carboxylic acids is 1. The Bertz CT molecular complexity index is 646. The lowest BCUT2D eigenvalue weighted by Gasteiger charge is -2.32. The Morgan fingerprint density at radius 3 is 2.76 bits per heavy atom. The van der Waals surface area contributed by atoms with Gasteiger partial charge in [0.15, 0.2) is 0 Å². The van der Waals surface area contributed by atoms with Crippen LogP contribution in [-0.4, -0.2) is 43.5 Å². The lowest BCUT2D eigenvalue weighted by atomic mass is 10.1. The first-order valence-corrected chi connectivity index (χ1v) is 8.69. The van der Waals surface area contributed by atoms with Crippen LogP contribution in [0.5, 0.6) is 5.75 Å². The minimum Gasteiger partial charge on any atom is -0.495 e. The minimum atomic E-state index is -3.92. The number of hydrogen-bond donors (Lipinski definition) is 1. The van der Waals surface area contributed by atoms with Gasteiger partial charge in [-0.05, 0) is 37.5 Å². The summed E-state index contributed by atoms with van der Waals surface area (Å²) in [5, 5.41) is 9.25. The summed E-state index contributed by atoms with van der Waals surface area (Å²) in [6, 6.07) is 3.62. The molecule has 1 saturated heterocycles. The third-order valence-corrected chi connectivity index (χ3v) is 5.87. The molecule has 1 atom stereocenters. The van der Waals surface area contributed by atoms with Gasteiger partial charge in [0.05, 0.1) is 7.11 Å². The average molecular weight is 378 g/mol. The number of rotatable bonds is 4. The number of hydrogen-bond acceptors (Lipinski definition) is 4. The van der Waals surface area contributed by atoms with Crippen molar-refractivity contribution in [3.05, 3.63) is 22.7 Å². The number of ether oxygens (including phenoxy) is 1. The highest BCUT2D eigenvalue weighted by Crippen LogP contribution is 2.32. The van der Waals surface area contributed by atoms with Crippen LogP contribution in [0.25, 0.3) is 0 Å². The normalized spacial score (nSPS) is 20.2. The number of benzene rings is 1. The quantitative estimate of drug-likeness (QED) is 0.868. The van der Waals surface area contributed by atoms with E-state index >= 15 is 0 Å². The number of nitrogens with zero attached hydrogens (tertiary/aromatic N) is 1. The first-order valence-electron chi connectivity index (χ1n) is 6.46. The van der Waals surface area contributed by atoms with Crippen molar-refractivity contribution in [1.29, 1.82) is 0 Å². The fourth-order valence-electron chi connectivity index (χ4n) is 2.42. The van der Waals surface area contributed by atoms with Crippen molar-refractivity contribution in [2.24, 2.45) is 0 Å². The summed E-state index contributed by atoms with van der Waals surface area (Å²) < 4.78 is 32.3. The summed E-state index contributed by atoms with van der Waals surface area (Å²) in [6.45, 7) is 0.203. The third kappa shape index (κ3) is 3.22. The van der Waals surface area contributed by atoms with E-state index in [-0.39, 0.29) is 17.2 Å². The summed E-state index contributed by atoms with van der Waals surface area (Å²) in [7, 11) is -2.54. The van der Waals surface area contributed by atoms with Crippen LogP contribution in [0.3, 0.4) is 0 Å². The van der Waals surface area contributed by atoms with Gasteiger partial charge in [-0.2, -0.15) is 4.31 Å². The smallest absolute Gasteiger partial charge is 0.322 e. The maximum atomic E-state index is 12.8. The third-order valence-electron chi connectivity index (χ3n) is 3.45. The lowest BCUT2D eigenvalue weighted by Crippen LogP contribution is -2.47. The largest absolute Gasteiger partial charge is 0.495 e. The van der Waals surface area contributed by atoms with Crippen molar-refractivity contribution in [3.63, 3.8) is 0 Å². The molecule has 0 aliphatic carbocycles. The first-order chi connectivity index (χ1) is 9.87. The van der Waals surface area contributed by atoms with Crippen LogP contribution < -0.4 is 4.74 Å². The topological polar surface area (TPSA) is 83.9 Å². The van der Waals surface area contributed by atoms with E-state index in [9.17, 15) is 18.3 Å². The van der Waals surface area contributed by atoms with Crippen molar-refractivity contribution in [2.45, 2.75) is 30.2 Å². The number of methoxy groups -OCH3 is 1. The van der Waals surface area contributed by atoms with Crippen LogP contribution in [0.1, 0.15) is 19.3 Å². The number of carboxylic acid groups (broad SMARTS) is 1. The second kappa shape index (κ2) is 6.33. The SMILES string of the molecule is COc1ccc(Br)cc1S(=O)(=O)N1CCCCC1C(=O)O. The summed E-state index contributed by atoms with van der Waals surface area (Å²) in [6.07, 6.45) is 1.68. The van der Waals surface area contributed by atoms with Gasteiger partial charge >= 0.3 is 5.97 Å². The van der Waals surface area contributed by atoms with Crippen molar-refractivity contribution in [1.82, 2.24) is 4.31 Å². The molecule has 1 N–H and O–H groups in total. The molecule has 1 fully saturated rings. The van der Waals surface area contributed by atoms with E-state index in [0.717, 1.165) is 4.31 Å². The summed E-state index contributed by atoms with van der Waals surface area (Å²) in [5.74, 6) is -0.917. The van der Waals surface area contributed by atoms with Gasteiger partial charge in [-0.1, -0.05) is 15.9 Å². The molecule has 0 saturated carbocycles. The van der Waals surface area contributed by atoms with E-state index in [1.54, 1.807) is 6.07 Å². The summed E-state index contributed by atoms with van der Waals surface area (Å²) in [4.78, 5) is 11.3. The number of piperidine rings is 1. The second-order valence-corrected chi connectivity index (χ2v) is 7.54. The maximum Gasteiger partial charge on any atom is 0.322 e. The van der Waals surface area contributed by atoms with Gasteiger partial charge in [-0.3, -0.25) is 4.79 Å². The van der Waals surface area contributed by atoms with Gasteiger partial charge < -0.3 is 9.84 Å². The molecule has 2 rings (SSSR count). The van der Waals surface area contributed by atoms with Crippen LogP contribution in [-0.2, 0) is 14.8 Å². The summed E-state index contributed by atoms with van der Waals surface area (Å²) >= 11 is 3.23. The van der Waals surface area contributed by atoms with Crippen molar-refractivity contribution >= 4 is 31.9 Å². The molecule has 0 bridgehead atoms. The molecule has 6 nitrogen and oxygen atoms in total.